The molecule has 0 saturated carbocycles. The van der Waals surface area contributed by atoms with Gasteiger partial charge < -0.3 is 4.42 Å². The quantitative estimate of drug-likeness (QED) is 0.599. The van der Waals surface area contributed by atoms with E-state index in [2.05, 4.69) is 28.7 Å². The SMILES string of the molecule is [c]1nnc(-c2cccc3ccccc23)o1. The Morgan fingerprint density at radius 2 is 1.87 bits per heavy atom. The van der Waals surface area contributed by atoms with Crippen LogP contribution in [0.3, 0.4) is 0 Å². The Labute approximate surface area is 86.4 Å². The normalized spacial score (nSPS) is 10.7. The lowest BCUT2D eigenvalue weighted by molar-refractivity contribution is 0.559. The standard InChI is InChI=1S/C12H7N2O/c1-2-6-10-9(4-1)5-3-7-11(10)12-14-13-8-15-12/h1-7H. The molecule has 1 heterocycles. The molecule has 0 aliphatic rings. The molecule has 1 radical (unpaired) electrons. The Kier molecular flexibility index (Phi) is 1.75. The summed E-state index contributed by atoms with van der Waals surface area (Å²) in [5, 5.41) is 9.70. The number of fused-ring (bicyclic) bond motifs is 1. The van der Waals surface area contributed by atoms with Crippen molar-refractivity contribution in [3.63, 3.8) is 0 Å². The van der Waals surface area contributed by atoms with Crippen LogP contribution in [0, 0.1) is 6.39 Å². The second-order valence-electron chi connectivity index (χ2n) is 3.23. The molecular weight excluding hydrogens is 188 g/mol. The van der Waals surface area contributed by atoms with Gasteiger partial charge in [0.25, 0.3) is 0 Å². The molecule has 0 fully saturated rings. The molecular formula is C12H7N2O. The highest BCUT2D eigenvalue weighted by Crippen LogP contribution is 2.26. The largest absolute Gasteiger partial charge is 0.412 e. The molecule has 3 heteroatoms. The van der Waals surface area contributed by atoms with Crippen molar-refractivity contribution < 1.29 is 4.42 Å². The average Bonchev–Trinajstić information content (AvgIpc) is 2.82. The lowest BCUT2D eigenvalue weighted by atomic mass is 10.0. The molecule has 0 atom stereocenters. The molecule has 0 bridgehead atoms. The van der Waals surface area contributed by atoms with Gasteiger partial charge in [-0.3, -0.25) is 0 Å². The van der Waals surface area contributed by atoms with Crippen molar-refractivity contribution in [1.82, 2.24) is 10.2 Å². The molecule has 2 aromatic carbocycles. The zero-order valence-corrected chi connectivity index (χ0v) is 7.84. The van der Waals surface area contributed by atoms with Crippen LogP contribution in [0.4, 0.5) is 0 Å². The minimum atomic E-state index is 0.506. The zero-order chi connectivity index (χ0) is 10.1. The Bertz CT molecular complexity index is 582. The highest BCUT2D eigenvalue weighted by Gasteiger charge is 2.07. The summed E-state index contributed by atoms with van der Waals surface area (Å²) in [7, 11) is 0. The van der Waals surface area contributed by atoms with E-state index in [9.17, 15) is 0 Å². The van der Waals surface area contributed by atoms with Gasteiger partial charge in [-0.15, -0.1) is 10.2 Å². The first kappa shape index (κ1) is 8.17. The van der Waals surface area contributed by atoms with E-state index in [-0.39, 0.29) is 0 Å². The summed E-state index contributed by atoms with van der Waals surface area (Å²) in [6, 6.07) is 14.1. The topological polar surface area (TPSA) is 38.9 Å². The van der Waals surface area contributed by atoms with Gasteiger partial charge in [-0.2, -0.15) is 0 Å². The van der Waals surface area contributed by atoms with Crippen LogP contribution in [0.5, 0.6) is 0 Å². The average molecular weight is 195 g/mol. The van der Waals surface area contributed by atoms with Gasteiger partial charge in [-0.1, -0.05) is 36.4 Å². The molecule has 0 unspecified atom stereocenters. The molecule has 3 rings (SSSR count). The maximum absolute atomic E-state index is 5.08. The van der Waals surface area contributed by atoms with Crippen molar-refractivity contribution in [2.75, 3.05) is 0 Å². The number of nitrogens with zero attached hydrogens (tertiary/aromatic N) is 2. The number of rotatable bonds is 1. The van der Waals surface area contributed by atoms with Crippen molar-refractivity contribution in [1.29, 1.82) is 0 Å². The van der Waals surface area contributed by atoms with Crippen LogP contribution in [0.2, 0.25) is 0 Å². The first-order valence-electron chi connectivity index (χ1n) is 4.63. The third-order valence-corrected chi connectivity index (χ3v) is 2.34. The van der Waals surface area contributed by atoms with E-state index in [0.29, 0.717) is 5.89 Å². The third kappa shape index (κ3) is 1.29. The number of hydrogen-bond donors (Lipinski definition) is 0. The Hall–Kier alpha value is -2.16. The predicted octanol–water partition coefficient (Wildman–Crippen LogP) is 2.69. The third-order valence-electron chi connectivity index (χ3n) is 2.34. The molecule has 0 saturated heterocycles. The van der Waals surface area contributed by atoms with E-state index in [1.807, 2.05) is 30.3 Å². The van der Waals surface area contributed by atoms with Gasteiger partial charge in [-0.25, -0.2) is 0 Å². The van der Waals surface area contributed by atoms with Crippen LogP contribution in [0.1, 0.15) is 0 Å². The first-order chi connectivity index (χ1) is 7.45. The van der Waals surface area contributed by atoms with Crippen molar-refractivity contribution >= 4 is 10.8 Å². The Morgan fingerprint density at radius 3 is 2.73 bits per heavy atom. The van der Waals surface area contributed by atoms with Gasteiger partial charge in [0.15, 0.2) is 0 Å². The van der Waals surface area contributed by atoms with Crippen LogP contribution in [0.15, 0.2) is 46.9 Å². The molecule has 0 aliphatic carbocycles. The van der Waals surface area contributed by atoms with Gasteiger partial charge in [0.2, 0.25) is 5.89 Å². The van der Waals surface area contributed by atoms with Gasteiger partial charge in [0.05, 0.1) is 0 Å². The first-order valence-corrected chi connectivity index (χ1v) is 4.63. The van der Waals surface area contributed by atoms with Crippen LogP contribution in [-0.4, -0.2) is 10.2 Å². The second kappa shape index (κ2) is 3.20. The van der Waals surface area contributed by atoms with E-state index in [1.54, 1.807) is 0 Å². The Morgan fingerprint density at radius 1 is 1.00 bits per heavy atom. The van der Waals surface area contributed by atoms with E-state index in [1.165, 1.54) is 0 Å². The number of benzene rings is 2. The summed E-state index contributed by atoms with van der Waals surface area (Å²) in [5.74, 6) is 0.506. The fourth-order valence-corrected chi connectivity index (χ4v) is 1.67. The minimum Gasteiger partial charge on any atom is -0.412 e. The minimum absolute atomic E-state index is 0.506. The summed E-state index contributed by atoms with van der Waals surface area (Å²) in [6.07, 6.45) is 2.36. The Balaban J connectivity index is 2.36. The molecule has 0 N–H and O–H groups in total. The monoisotopic (exact) mass is 195 g/mol. The lowest BCUT2D eigenvalue weighted by Gasteiger charge is -2.01. The molecule has 3 aromatic rings. The highest BCUT2D eigenvalue weighted by molar-refractivity contribution is 5.94. The fourth-order valence-electron chi connectivity index (χ4n) is 1.67. The van der Waals surface area contributed by atoms with Crippen molar-refractivity contribution in [2.24, 2.45) is 0 Å². The molecule has 15 heavy (non-hydrogen) atoms. The predicted molar refractivity (Wildman–Crippen MR) is 56.1 cm³/mol. The molecule has 0 aliphatic heterocycles. The van der Waals surface area contributed by atoms with Crippen LogP contribution < -0.4 is 0 Å². The lowest BCUT2D eigenvalue weighted by Crippen LogP contribution is -1.80. The maximum Gasteiger partial charge on any atom is 0.306 e. The van der Waals surface area contributed by atoms with Crippen LogP contribution >= 0.6 is 0 Å². The molecule has 3 nitrogen and oxygen atoms in total. The molecule has 0 spiro atoms. The van der Waals surface area contributed by atoms with E-state index in [0.717, 1.165) is 16.3 Å². The molecule has 1 aromatic heterocycles. The van der Waals surface area contributed by atoms with Gasteiger partial charge in [0.1, 0.15) is 0 Å². The summed E-state index contributed by atoms with van der Waals surface area (Å²) >= 11 is 0. The fraction of sp³-hybridized carbons (Fsp3) is 0. The number of aromatic nitrogens is 2. The smallest absolute Gasteiger partial charge is 0.306 e. The van der Waals surface area contributed by atoms with E-state index in [4.69, 9.17) is 4.42 Å². The van der Waals surface area contributed by atoms with Gasteiger partial charge in [0, 0.05) is 5.56 Å². The van der Waals surface area contributed by atoms with Crippen molar-refractivity contribution in [2.45, 2.75) is 0 Å². The molecule has 71 valence electrons. The summed E-state index contributed by atoms with van der Waals surface area (Å²) in [6.45, 7) is 0. The van der Waals surface area contributed by atoms with Gasteiger partial charge in [-0.05, 0) is 16.8 Å². The van der Waals surface area contributed by atoms with Crippen molar-refractivity contribution in [3.8, 4) is 11.5 Å². The summed E-state index contributed by atoms with van der Waals surface area (Å²) in [4.78, 5) is 0. The second-order valence-corrected chi connectivity index (χ2v) is 3.23. The highest BCUT2D eigenvalue weighted by atomic mass is 16.4. The van der Waals surface area contributed by atoms with Crippen LogP contribution in [0.25, 0.3) is 22.2 Å². The number of hydrogen-bond acceptors (Lipinski definition) is 3. The summed E-state index contributed by atoms with van der Waals surface area (Å²) < 4.78 is 5.08. The van der Waals surface area contributed by atoms with Crippen molar-refractivity contribution in [3.05, 3.63) is 48.9 Å². The molecule has 0 amide bonds. The maximum atomic E-state index is 5.08. The van der Waals surface area contributed by atoms with Gasteiger partial charge >= 0.3 is 6.39 Å². The van der Waals surface area contributed by atoms with Crippen LogP contribution in [-0.2, 0) is 0 Å². The van der Waals surface area contributed by atoms with E-state index < -0.39 is 0 Å². The zero-order valence-electron chi connectivity index (χ0n) is 7.84. The van der Waals surface area contributed by atoms with E-state index >= 15 is 0 Å². The summed E-state index contributed by atoms with van der Waals surface area (Å²) in [5.41, 5.74) is 0.946.